The first-order valence-corrected chi connectivity index (χ1v) is 11.4. The van der Waals surface area contributed by atoms with E-state index >= 15 is 0 Å². The summed E-state index contributed by atoms with van der Waals surface area (Å²) >= 11 is 0. The summed E-state index contributed by atoms with van der Waals surface area (Å²) in [6.45, 7) is 5.61. The van der Waals surface area contributed by atoms with Gasteiger partial charge in [-0.3, -0.25) is 9.59 Å². The van der Waals surface area contributed by atoms with Crippen LogP contribution in [0.1, 0.15) is 59.0 Å². The molecule has 4 N–H and O–H groups in total. The van der Waals surface area contributed by atoms with Gasteiger partial charge < -0.3 is 21.3 Å². The Labute approximate surface area is 198 Å². The summed E-state index contributed by atoms with van der Waals surface area (Å²) < 4.78 is 0. The molecule has 0 saturated carbocycles. The summed E-state index contributed by atoms with van der Waals surface area (Å²) in [5, 5.41) is 6.17. The van der Waals surface area contributed by atoms with Gasteiger partial charge in [-0.05, 0) is 48.6 Å². The zero-order valence-corrected chi connectivity index (χ0v) is 19.4. The summed E-state index contributed by atoms with van der Waals surface area (Å²) in [6.07, 6.45) is 4.94. The topological polar surface area (TPSA) is 126 Å². The lowest BCUT2D eigenvalue weighted by atomic mass is 10.0. The van der Waals surface area contributed by atoms with Crippen molar-refractivity contribution in [2.45, 2.75) is 38.6 Å². The maximum absolute atomic E-state index is 12.8. The van der Waals surface area contributed by atoms with Gasteiger partial charge in [-0.2, -0.15) is 0 Å². The second kappa shape index (κ2) is 10.3. The number of benzene rings is 1. The molecule has 9 nitrogen and oxygen atoms in total. The molecule has 176 valence electrons. The van der Waals surface area contributed by atoms with E-state index in [0.29, 0.717) is 29.7 Å². The van der Waals surface area contributed by atoms with Crippen molar-refractivity contribution in [2.75, 3.05) is 23.3 Å². The molecule has 1 aliphatic rings. The van der Waals surface area contributed by atoms with Gasteiger partial charge in [0.2, 0.25) is 0 Å². The quantitative estimate of drug-likeness (QED) is 0.495. The third kappa shape index (κ3) is 5.48. The van der Waals surface area contributed by atoms with E-state index in [1.807, 2.05) is 30.3 Å². The highest BCUT2D eigenvalue weighted by molar-refractivity contribution is 5.96. The fourth-order valence-electron chi connectivity index (χ4n) is 3.95. The van der Waals surface area contributed by atoms with Crippen LogP contribution in [0.5, 0.6) is 0 Å². The molecule has 3 heterocycles. The van der Waals surface area contributed by atoms with Crippen LogP contribution in [0.15, 0.2) is 54.9 Å². The third-order valence-corrected chi connectivity index (χ3v) is 5.82. The minimum atomic E-state index is -0.676. The van der Waals surface area contributed by atoms with Crippen LogP contribution in [0.25, 0.3) is 0 Å². The first kappa shape index (κ1) is 23.2. The number of hydrogen-bond donors (Lipinski definition) is 3. The standard InChI is InChI=1S/C25H29N7O2/c1-16(2)17-8-10-18(11-9-17)25(34)29-19-6-5-13-32(15-19)21-14-28-22(23(26)33)24(31-21)30-20-7-3-4-12-27-20/h3-4,7-12,14,16,19H,5-6,13,15H2,1-2H3,(H2,26,33)(H,29,34)(H,27,30,31)/t19-/m1/s1. The summed E-state index contributed by atoms with van der Waals surface area (Å²) in [7, 11) is 0. The molecule has 0 spiro atoms. The van der Waals surface area contributed by atoms with E-state index in [9.17, 15) is 9.59 Å². The number of nitrogens with one attached hydrogen (secondary N) is 2. The van der Waals surface area contributed by atoms with Crippen LogP contribution in [-0.2, 0) is 0 Å². The molecule has 2 aromatic heterocycles. The molecule has 1 saturated heterocycles. The fourth-order valence-corrected chi connectivity index (χ4v) is 3.95. The second-order valence-corrected chi connectivity index (χ2v) is 8.66. The van der Waals surface area contributed by atoms with Crippen molar-refractivity contribution >= 4 is 29.3 Å². The number of anilines is 3. The predicted molar refractivity (Wildman–Crippen MR) is 131 cm³/mol. The molecule has 0 bridgehead atoms. The molecule has 0 radical (unpaired) electrons. The number of hydrogen-bond acceptors (Lipinski definition) is 7. The molecule has 9 heteroatoms. The number of piperidine rings is 1. The van der Waals surface area contributed by atoms with Crippen LogP contribution < -0.4 is 21.3 Å². The van der Waals surface area contributed by atoms with E-state index < -0.39 is 5.91 Å². The number of carbonyl (C=O) groups is 2. The number of pyridine rings is 1. The Hall–Kier alpha value is -4.01. The Balaban J connectivity index is 1.47. The van der Waals surface area contributed by atoms with Gasteiger partial charge in [0.15, 0.2) is 11.5 Å². The van der Waals surface area contributed by atoms with Crippen LogP contribution in [0, 0.1) is 0 Å². The molecular weight excluding hydrogens is 430 g/mol. The molecular formula is C25H29N7O2. The highest BCUT2D eigenvalue weighted by Gasteiger charge is 2.24. The zero-order valence-electron chi connectivity index (χ0n) is 19.4. The first-order chi connectivity index (χ1) is 16.4. The Morgan fingerprint density at radius 2 is 1.91 bits per heavy atom. The lowest BCUT2D eigenvalue weighted by Crippen LogP contribution is -2.48. The number of carbonyl (C=O) groups excluding carboxylic acids is 2. The summed E-state index contributed by atoms with van der Waals surface area (Å²) in [5.74, 6) is 1.04. The summed E-state index contributed by atoms with van der Waals surface area (Å²) in [5.41, 5.74) is 7.38. The highest BCUT2D eigenvalue weighted by Crippen LogP contribution is 2.23. The van der Waals surface area contributed by atoms with Crippen molar-refractivity contribution in [3.8, 4) is 0 Å². The lowest BCUT2D eigenvalue weighted by Gasteiger charge is -2.34. The van der Waals surface area contributed by atoms with E-state index in [1.165, 1.54) is 5.56 Å². The van der Waals surface area contributed by atoms with Crippen molar-refractivity contribution in [3.05, 3.63) is 71.7 Å². The molecule has 1 atom stereocenters. The van der Waals surface area contributed by atoms with Gasteiger partial charge >= 0.3 is 0 Å². The molecule has 2 amide bonds. The van der Waals surface area contributed by atoms with E-state index in [2.05, 4.69) is 44.3 Å². The number of nitrogens with two attached hydrogens (primary N) is 1. The Morgan fingerprint density at radius 1 is 1.12 bits per heavy atom. The Kier molecular flexibility index (Phi) is 7.01. The summed E-state index contributed by atoms with van der Waals surface area (Å²) in [4.78, 5) is 39.8. The lowest BCUT2D eigenvalue weighted by molar-refractivity contribution is 0.0932. The van der Waals surface area contributed by atoms with Gasteiger partial charge in [-0.15, -0.1) is 0 Å². The largest absolute Gasteiger partial charge is 0.364 e. The minimum Gasteiger partial charge on any atom is -0.364 e. The molecule has 4 rings (SSSR count). The van der Waals surface area contributed by atoms with Crippen molar-refractivity contribution in [1.29, 1.82) is 0 Å². The molecule has 3 aromatic rings. The van der Waals surface area contributed by atoms with Crippen LogP contribution in [0.4, 0.5) is 17.5 Å². The van der Waals surface area contributed by atoms with Gasteiger partial charge in [-0.1, -0.05) is 32.0 Å². The zero-order chi connectivity index (χ0) is 24.1. The normalized spacial score (nSPS) is 15.7. The molecule has 0 unspecified atom stereocenters. The first-order valence-electron chi connectivity index (χ1n) is 11.4. The number of aromatic nitrogens is 3. The van der Waals surface area contributed by atoms with Crippen molar-refractivity contribution < 1.29 is 9.59 Å². The molecule has 34 heavy (non-hydrogen) atoms. The average molecular weight is 460 g/mol. The number of primary amides is 1. The van der Waals surface area contributed by atoms with E-state index in [0.717, 1.165) is 19.4 Å². The van der Waals surface area contributed by atoms with Crippen LogP contribution in [-0.4, -0.2) is 45.9 Å². The third-order valence-electron chi connectivity index (χ3n) is 5.82. The van der Waals surface area contributed by atoms with Crippen molar-refractivity contribution in [1.82, 2.24) is 20.3 Å². The van der Waals surface area contributed by atoms with E-state index in [-0.39, 0.29) is 23.5 Å². The summed E-state index contributed by atoms with van der Waals surface area (Å²) in [6, 6.07) is 13.1. The molecule has 0 aliphatic carbocycles. The number of amides is 2. The van der Waals surface area contributed by atoms with Crippen molar-refractivity contribution in [3.63, 3.8) is 0 Å². The van der Waals surface area contributed by atoms with Crippen LogP contribution in [0.3, 0.4) is 0 Å². The second-order valence-electron chi connectivity index (χ2n) is 8.66. The van der Waals surface area contributed by atoms with E-state index in [1.54, 1.807) is 24.5 Å². The van der Waals surface area contributed by atoms with Gasteiger partial charge in [0.25, 0.3) is 11.8 Å². The Morgan fingerprint density at radius 3 is 2.59 bits per heavy atom. The van der Waals surface area contributed by atoms with Crippen molar-refractivity contribution in [2.24, 2.45) is 5.73 Å². The monoisotopic (exact) mass is 459 g/mol. The molecule has 1 aromatic carbocycles. The van der Waals surface area contributed by atoms with Crippen LogP contribution in [0.2, 0.25) is 0 Å². The Bertz CT molecular complexity index is 1150. The van der Waals surface area contributed by atoms with Gasteiger partial charge in [0.1, 0.15) is 11.6 Å². The smallest absolute Gasteiger partial charge is 0.271 e. The highest BCUT2D eigenvalue weighted by atomic mass is 16.2. The maximum atomic E-state index is 12.8. The maximum Gasteiger partial charge on any atom is 0.271 e. The predicted octanol–water partition coefficient (Wildman–Crippen LogP) is 3.24. The average Bonchev–Trinajstić information content (AvgIpc) is 2.84. The molecule has 1 fully saturated rings. The number of nitrogens with zero attached hydrogens (tertiary/aromatic N) is 4. The van der Waals surface area contributed by atoms with Gasteiger partial charge in [0.05, 0.1) is 6.20 Å². The van der Waals surface area contributed by atoms with Gasteiger partial charge in [0, 0.05) is 30.9 Å². The van der Waals surface area contributed by atoms with E-state index in [4.69, 9.17) is 5.73 Å². The SMILES string of the molecule is CC(C)c1ccc(C(=O)N[C@@H]2CCCN(c3cnc(C(N)=O)c(Nc4ccccn4)n3)C2)cc1. The number of rotatable bonds is 7. The molecule has 1 aliphatic heterocycles. The fraction of sp³-hybridized carbons (Fsp3) is 0.320. The minimum absolute atomic E-state index is 0.0316. The van der Waals surface area contributed by atoms with Crippen LogP contribution >= 0.6 is 0 Å². The van der Waals surface area contributed by atoms with Gasteiger partial charge in [-0.25, -0.2) is 15.0 Å².